The molecule has 0 aliphatic heterocycles. The second-order valence-corrected chi connectivity index (χ2v) is 3.98. The number of pyridine rings is 1. The Morgan fingerprint density at radius 2 is 2.28 bits per heavy atom. The Bertz CT molecular complexity index is 382. The van der Waals surface area contributed by atoms with E-state index in [0.29, 0.717) is 19.7 Å². The number of carbonyl (C=O) groups is 1. The molecule has 100 valence electrons. The quantitative estimate of drug-likeness (QED) is 0.718. The first-order valence-corrected chi connectivity index (χ1v) is 6.20. The van der Waals surface area contributed by atoms with Gasteiger partial charge < -0.3 is 15.4 Å². The number of nitrogens with zero attached hydrogens (tertiary/aromatic N) is 1. The predicted molar refractivity (Wildman–Crippen MR) is 71.6 cm³/mol. The molecule has 2 N–H and O–H groups in total. The molecule has 5 heteroatoms. The van der Waals surface area contributed by atoms with Gasteiger partial charge in [-0.25, -0.2) is 4.98 Å². The molecule has 0 bridgehead atoms. The van der Waals surface area contributed by atoms with E-state index in [1.165, 1.54) is 0 Å². The van der Waals surface area contributed by atoms with E-state index >= 15 is 0 Å². The van der Waals surface area contributed by atoms with Crippen molar-refractivity contribution in [3.05, 3.63) is 23.9 Å². The van der Waals surface area contributed by atoms with E-state index < -0.39 is 6.10 Å². The molecule has 1 atom stereocenters. The van der Waals surface area contributed by atoms with Gasteiger partial charge in [0.1, 0.15) is 11.9 Å². The molecular weight excluding hydrogens is 230 g/mol. The molecule has 0 aromatic carbocycles. The number of hydrogen-bond acceptors (Lipinski definition) is 4. The smallest absolute Gasteiger partial charge is 0.248 e. The Hall–Kier alpha value is -1.62. The minimum Gasteiger partial charge on any atom is -0.369 e. The van der Waals surface area contributed by atoms with Crippen LogP contribution < -0.4 is 10.6 Å². The molecular formula is C13H21N3O2. The lowest BCUT2D eigenvalue weighted by molar-refractivity contribution is -0.131. The summed E-state index contributed by atoms with van der Waals surface area (Å²) >= 11 is 0. The van der Waals surface area contributed by atoms with Crippen LogP contribution in [0, 0.1) is 6.92 Å². The Balaban J connectivity index is 2.23. The van der Waals surface area contributed by atoms with E-state index in [2.05, 4.69) is 15.6 Å². The van der Waals surface area contributed by atoms with Crippen molar-refractivity contribution in [2.45, 2.75) is 26.9 Å². The minimum absolute atomic E-state index is 0.0867. The van der Waals surface area contributed by atoms with Gasteiger partial charge in [-0.1, -0.05) is 6.07 Å². The molecule has 1 heterocycles. The predicted octanol–water partition coefficient (Wildman–Crippen LogP) is 1.34. The number of hydrogen-bond donors (Lipinski definition) is 2. The highest BCUT2D eigenvalue weighted by molar-refractivity contribution is 5.80. The highest BCUT2D eigenvalue weighted by Crippen LogP contribution is 2.07. The fourth-order valence-corrected chi connectivity index (χ4v) is 1.51. The zero-order chi connectivity index (χ0) is 13.4. The summed E-state index contributed by atoms with van der Waals surface area (Å²) in [5, 5.41) is 5.98. The molecule has 1 rings (SSSR count). The normalized spacial score (nSPS) is 11.9. The number of ether oxygens (including phenoxy) is 1. The van der Waals surface area contributed by atoms with Crippen LogP contribution in [0.15, 0.2) is 18.3 Å². The number of carbonyl (C=O) groups excluding carboxylic acids is 1. The van der Waals surface area contributed by atoms with Gasteiger partial charge in [0.15, 0.2) is 0 Å². The van der Waals surface area contributed by atoms with E-state index in [0.717, 1.165) is 11.4 Å². The van der Waals surface area contributed by atoms with Crippen LogP contribution in [0.25, 0.3) is 0 Å². The molecule has 1 aromatic rings. The van der Waals surface area contributed by atoms with Crippen molar-refractivity contribution in [3.63, 3.8) is 0 Å². The summed E-state index contributed by atoms with van der Waals surface area (Å²) in [7, 11) is 0. The molecule has 0 aliphatic carbocycles. The van der Waals surface area contributed by atoms with Crippen molar-refractivity contribution in [1.29, 1.82) is 0 Å². The van der Waals surface area contributed by atoms with E-state index in [-0.39, 0.29) is 5.91 Å². The van der Waals surface area contributed by atoms with Crippen molar-refractivity contribution in [2.24, 2.45) is 0 Å². The summed E-state index contributed by atoms with van der Waals surface area (Å²) in [5.74, 6) is 0.765. The molecule has 0 saturated carbocycles. The average molecular weight is 251 g/mol. The summed E-state index contributed by atoms with van der Waals surface area (Å²) in [6.07, 6.45) is 1.34. The Morgan fingerprint density at radius 1 is 1.50 bits per heavy atom. The summed E-state index contributed by atoms with van der Waals surface area (Å²) in [6.45, 7) is 7.34. The summed E-state index contributed by atoms with van der Waals surface area (Å²) in [6, 6.07) is 3.89. The molecule has 0 spiro atoms. The number of rotatable bonds is 7. The second-order valence-electron chi connectivity index (χ2n) is 3.98. The lowest BCUT2D eigenvalue weighted by Crippen LogP contribution is -2.37. The standard InChI is InChI=1S/C13H21N3O2/c1-4-18-11(3)13(17)16-9-8-15-12-10(2)6-5-7-14-12/h5-7,11H,4,8-9H2,1-3H3,(H,14,15)(H,16,17)/t11-/m0/s1. The molecule has 0 radical (unpaired) electrons. The fourth-order valence-electron chi connectivity index (χ4n) is 1.51. The molecule has 1 aromatic heterocycles. The summed E-state index contributed by atoms with van der Waals surface area (Å²) in [4.78, 5) is 15.7. The summed E-state index contributed by atoms with van der Waals surface area (Å²) in [5.41, 5.74) is 1.09. The van der Waals surface area contributed by atoms with Crippen LogP contribution in [0.4, 0.5) is 5.82 Å². The van der Waals surface area contributed by atoms with Gasteiger partial charge in [0.05, 0.1) is 0 Å². The van der Waals surface area contributed by atoms with Crippen molar-refractivity contribution >= 4 is 11.7 Å². The molecule has 0 fully saturated rings. The first kappa shape index (κ1) is 14.4. The van der Waals surface area contributed by atoms with Gasteiger partial charge in [0, 0.05) is 25.9 Å². The number of aryl methyl sites for hydroxylation is 1. The van der Waals surface area contributed by atoms with Crippen LogP contribution in [-0.4, -0.2) is 36.7 Å². The van der Waals surface area contributed by atoms with Crippen LogP contribution in [0.1, 0.15) is 19.4 Å². The third-order valence-corrected chi connectivity index (χ3v) is 2.51. The molecule has 0 saturated heterocycles. The van der Waals surface area contributed by atoms with E-state index in [4.69, 9.17) is 4.74 Å². The second kappa shape index (κ2) is 7.66. The van der Waals surface area contributed by atoms with E-state index in [1.54, 1.807) is 13.1 Å². The van der Waals surface area contributed by atoms with Gasteiger partial charge in [-0.3, -0.25) is 4.79 Å². The topological polar surface area (TPSA) is 63.2 Å². The van der Waals surface area contributed by atoms with Gasteiger partial charge in [-0.05, 0) is 32.4 Å². The third kappa shape index (κ3) is 4.71. The molecule has 5 nitrogen and oxygen atoms in total. The lowest BCUT2D eigenvalue weighted by atomic mass is 10.3. The zero-order valence-electron chi connectivity index (χ0n) is 11.2. The van der Waals surface area contributed by atoms with Gasteiger partial charge >= 0.3 is 0 Å². The summed E-state index contributed by atoms with van der Waals surface area (Å²) < 4.78 is 5.19. The molecule has 18 heavy (non-hydrogen) atoms. The first-order chi connectivity index (χ1) is 8.65. The third-order valence-electron chi connectivity index (χ3n) is 2.51. The maximum Gasteiger partial charge on any atom is 0.248 e. The van der Waals surface area contributed by atoms with Gasteiger partial charge in [0.2, 0.25) is 5.91 Å². The maximum atomic E-state index is 11.5. The zero-order valence-corrected chi connectivity index (χ0v) is 11.2. The Labute approximate surface area is 108 Å². The highest BCUT2D eigenvalue weighted by Gasteiger charge is 2.10. The fraction of sp³-hybridized carbons (Fsp3) is 0.538. The van der Waals surface area contributed by atoms with Crippen LogP contribution in [0.2, 0.25) is 0 Å². The first-order valence-electron chi connectivity index (χ1n) is 6.20. The van der Waals surface area contributed by atoms with E-state index in [9.17, 15) is 4.79 Å². The van der Waals surface area contributed by atoms with Gasteiger partial charge in [-0.15, -0.1) is 0 Å². The van der Waals surface area contributed by atoms with Crippen molar-refractivity contribution in [3.8, 4) is 0 Å². The molecule has 0 unspecified atom stereocenters. The molecule has 1 amide bonds. The monoisotopic (exact) mass is 251 g/mol. The number of amides is 1. The molecule has 0 aliphatic rings. The van der Waals surface area contributed by atoms with Gasteiger partial charge in [0.25, 0.3) is 0 Å². The lowest BCUT2D eigenvalue weighted by Gasteiger charge is -2.13. The van der Waals surface area contributed by atoms with Crippen molar-refractivity contribution in [1.82, 2.24) is 10.3 Å². The Kier molecular flexibility index (Phi) is 6.14. The number of anilines is 1. The minimum atomic E-state index is -0.397. The highest BCUT2D eigenvalue weighted by atomic mass is 16.5. The van der Waals surface area contributed by atoms with Crippen LogP contribution >= 0.6 is 0 Å². The van der Waals surface area contributed by atoms with Crippen molar-refractivity contribution in [2.75, 3.05) is 25.0 Å². The number of aromatic nitrogens is 1. The van der Waals surface area contributed by atoms with Crippen LogP contribution in [0.3, 0.4) is 0 Å². The largest absolute Gasteiger partial charge is 0.369 e. The number of nitrogens with one attached hydrogen (secondary N) is 2. The SMILES string of the molecule is CCO[C@@H](C)C(=O)NCCNc1ncccc1C. The Morgan fingerprint density at radius 3 is 2.94 bits per heavy atom. The average Bonchev–Trinajstić information content (AvgIpc) is 2.36. The van der Waals surface area contributed by atoms with Gasteiger partial charge in [-0.2, -0.15) is 0 Å². The van der Waals surface area contributed by atoms with Crippen LogP contribution in [0.5, 0.6) is 0 Å². The maximum absolute atomic E-state index is 11.5. The van der Waals surface area contributed by atoms with Crippen LogP contribution in [-0.2, 0) is 9.53 Å². The van der Waals surface area contributed by atoms with Crippen molar-refractivity contribution < 1.29 is 9.53 Å². The van der Waals surface area contributed by atoms with E-state index in [1.807, 2.05) is 26.0 Å².